The maximum absolute atomic E-state index is 13.0. The highest BCUT2D eigenvalue weighted by atomic mass is 16.5. The van der Waals surface area contributed by atoms with Crippen molar-refractivity contribution in [2.45, 2.75) is 38.0 Å². The third-order valence-corrected chi connectivity index (χ3v) is 7.40. The van der Waals surface area contributed by atoms with Gasteiger partial charge in [0.15, 0.2) is 0 Å². The molecule has 2 N–H and O–H groups in total. The molecule has 1 amide bonds. The normalized spacial score (nSPS) is 20.7. The van der Waals surface area contributed by atoms with Gasteiger partial charge in [-0.1, -0.05) is 56.3 Å². The summed E-state index contributed by atoms with van der Waals surface area (Å²) >= 11 is 0. The fourth-order valence-electron chi connectivity index (χ4n) is 5.51. The molecule has 5 heteroatoms. The molecule has 6 rings (SSSR count). The quantitative estimate of drug-likeness (QED) is 0.352. The number of nitrogens with one attached hydrogen (secondary N) is 2. The summed E-state index contributed by atoms with van der Waals surface area (Å²) in [6, 6.07) is 20.9. The van der Waals surface area contributed by atoms with Crippen molar-refractivity contribution in [1.82, 2.24) is 10.2 Å². The highest BCUT2D eigenvalue weighted by molar-refractivity contribution is 6.10. The number of H-pyrrole nitrogens is 1. The monoisotopic (exact) mass is 463 g/mol. The molecule has 2 atom stereocenters. The lowest BCUT2D eigenvalue weighted by atomic mass is 9.91. The Hall–Kier alpha value is -3.86. The van der Waals surface area contributed by atoms with E-state index in [1.165, 1.54) is 5.56 Å². The minimum absolute atomic E-state index is 0.0819. The number of methoxy groups -OCH3 is 1. The van der Waals surface area contributed by atoms with Gasteiger partial charge in [0, 0.05) is 17.0 Å². The number of benzene rings is 3. The molecule has 4 aromatic rings. The Labute approximate surface area is 205 Å². The van der Waals surface area contributed by atoms with E-state index < -0.39 is 5.41 Å². The van der Waals surface area contributed by atoms with Crippen LogP contribution in [-0.2, 0) is 16.6 Å². The van der Waals surface area contributed by atoms with Gasteiger partial charge in [0.2, 0.25) is 5.91 Å². The Morgan fingerprint density at radius 3 is 2.69 bits per heavy atom. The predicted octanol–water partition coefficient (Wildman–Crippen LogP) is 6.32. The molecule has 1 aromatic heterocycles. The summed E-state index contributed by atoms with van der Waals surface area (Å²) in [6.45, 7) is 4.48. The second-order valence-corrected chi connectivity index (χ2v) is 10.2. The maximum atomic E-state index is 13.0. The fourth-order valence-corrected chi connectivity index (χ4v) is 5.51. The Morgan fingerprint density at radius 1 is 1.09 bits per heavy atom. The molecule has 3 aromatic carbocycles. The molecule has 1 aliphatic carbocycles. The number of fused-ring (bicyclic) bond motifs is 3. The molecule has 1 aliphatic heterocycles. The Morgan fingerprint density at radius 2 is 1.91 bits per heavy atom. The highest BCUT2D eigenvalue weighted by Crippen LogP contribution is 2.65. The number of hydrogen-bond acceptors (Lipinski definition) is 3. The lowest BCUT2D eigenvalue weighted by Crippen LogP contribution is -2.21. The van der Waals surface area contributed by atoms with Crippen molar-refractivity contribution in [3.63, 3.8) is 0 Å². The van der Waals surface area contributed by atoms with E-state index in [4.69, 9.17) is 4.74 Å². The van der Waals surface area contributed by atoms with E-state index in [1.54, 1.807) is 7.11 Å². The summed E-state index contributed by atoms with van der Waals surface area (Å²) in [5, 5.41) is 11.9. The minimum Gasteiger partial charge on any atom is -0.497 e. The molecule has 35 heavy (non-hydrogen) atoms. The van der Waals surface area contributed by atoms with Crippen LogP contribution in [-0.4, -0.2) is 23.2 Å². The lowest BCUT2D eigenvalue weighted by Gasteiger charge is -2.10. The van der Waals surface area contributed by atoms with Crippen LogP contribution in [0.25, 0.3) is 23.1 Å². The molecule has 5 nitrogen and oxygen atoms in total. The first-order chi connectivity index (χ1) is 17.0. The molecular weight excluding hydrogens is 434 g/mol. The van der Waals surface area contributed by atoms with Crippen molar-refractivity contribution in [2.75, 3.05) is 12.4 Å². The number of carbonyl (C=O) groups is 1. The molecule has 176 valence electrons. The highest BCUT2D eigenvalue weighted by Gasteiger charge is 2.65. The number of aromatic nitrogens is 2. The van der Waals surface area contributed by atoms with Crippen LogP contribution in [0, 0.1) is 5.92 Å². The summed E-state index contributed by atoms with van der Waals surface area (Å²) in [4.78, 5) is 13.0. The molecule has 0 radical (unpaired) electrons. The van der Waals surface area contributed by atoms with Gasteiger partial charge in [-0.05, 0) is 71.4 Å². The van der Waals surface area contributed by atoms with E-state index in [0.717, 1.165) is 57.6 Å². The van der Waals surface area contributed by atoms with E-state index in [9.17, 15) is 4.79 Å². The number of carbonyl (C=O) groups excluding carboxylic acids is 1. The number of ether oxygens (including phenoxy) is 1. The Balaban J connectivity index is 1.24. The summed E-state index contributed by atoms with van der Waals surface area (Å²) in [6.07, 6.45) is 6.06. The number of amides is 1. The zero-order valence-electron chi connectivity index (χ0n) is 20.3. The topological polar surface area (TPSA) is 67.0 Å². The van der Waals surface area contributed by atoms with E-state index in [2.05, 4.69) is 84.0 Å². The second kappa shape index (κ2) is 8.12. The largest absolute Gasteiger partial charge is 0.497 e. The molecule has 1 spiro atoms. The smallest absolute Gasteiger partial charge is 0.235 e. The van der Waals surface area contributed by atoms with Crippen LogP contribution in [0.4, 0.5) is 5.69 Å². The van der Waals surface area contributed by atoms with Crippen molar-refractivity contribution in [1.29, 1.82) is 0 Å². The average molecular weight is 464 g/mol. The first kappa shape index (κ1) is 21.7. The first-order valence-corrected chi connectivity index (χ1v) is 12.2. The molecule has 2 aliphatic rings. The van der Waals surface area contributed by atoms with Crippen LogP contribution in [0.3, 0.4) is 0 Å². The maximum Gasteiger partial charge on any atom is 0.235 e. The van der Waals surface area contributed by atoms with E-state index in [0.29, 0.717) is 5.92 Å². The predicted molar refractivity (Wildman–Crippen MR) is 141 cm³/mol. The van der Waals surface area contributed by atoms with Crippen LogP contribution in [0.15, 0.2) is 60.7 Å². The van der Waals surface area contributed by atoms with Gasteiger partial charge in [-0.2, -0.15) is 5.10 Å². The minimum atomic E-state index is -0.498. The van der Waals surface area contributed by atoms with Crippen molar-refractivity contribution < 1.29 is 9.53 Å². The van der Waals surface area contributed by atoms with Crippen molar-refractivity contribution >= 4 is 34.6 Å². The molecular formula is C30H29N3O2. The standard InChI is InChI=1S/C30H29N3O2/c1-18(2)14-20-6-4-19(5-7-20)8-12-26-23-11-9-21(15-28(23)33-32-26)25-17-30(25)24-16-22(35-3)10-13-27(24)31-29(30)34/h4-13,15-16,18,25H,14,17H2,1-3H3,(H,31,34)(H,32,33)/b12-8+/t25-,30-/m0/s1. The Bertz CT molecular complexity index is 1460. The summed E-state index contributed by atoms with van der Waals surface area (Å²) in [7, 11) is 1.66. The summed E-state index contributed by atoms with van der Waals surface area (Å²) in [5.41, 5.74) is 7.02. The van der Waals surface area contributed by atoms with Gasteiger partial charge >= 0.3 is 0 Å². The molecule has 0 saturated heterocycles. The molecule has 1 saturated carbocycles. The van der Waals surface area contributed by atoms with Crippen LogP contribution in [0.2, 0.25) is 0 Å². The lowest BCUT2D eigenvalue weighted by molar-refractivity contribution is -0.118. The third-order valence-electron chi connectivity index (χ3n) is 7.40. The Kier molecular flexibility index (Phi) is 5.03. The van der Waals surface area contributed by atoms with E-state index >= 15 is 0 Å². The van der Waals surface area contributed by atoms with Gasteiger partial charge in [-0.3, -0.25) is 9.89 Å². The van der Waals surface area contributed by atoms with Crippen molar-refractivity contribution in [2.24, 2.45) is 5.92 Å². The van der Waals surface area contributed by atoms with Gasteiger partial charge in [-0.15, -0.1) is 0 Å². The van der Waals surface area contributed by atoms with Crippen LogP contribution in [0.5, 0.6) is 5.75 Å². The van der Waals surface area contributed by atoms with E-state index in [1.807, 2.05) is 18.2 Å². The fraction of sp³-hybridized carbons (Fsp3) is 0.267. The average Bonchev–Trinajstić information content (AvgIpc) is 3.40. The molecule has 0 bridgehead atoms. The van der Waals surface area contributed by atoms with Crippen LogP contribution < -0.4 is 10.1 Å². The SMILES string of the molecule is COc1ccc2c(c1)[C@]1(C[C@H]1c1ccc3c(/C=C/c4ccc(CC(C)C)cc4)n[nH]c3c1)C(=O)N2. The molecule has 0 unspecified atom stereocenters. The zero-order valence-corrected chi connectivity index (χ0v) is 20.3. The van der Waals surface area contributed by atoms with Crippen LogP contribution >= 0.6 is 0 Å². The van der Waals surface area contributed by atoms with Gasteiger partial charge in [0.25, 0.3) is 0 Å². The number of nitrogens with zero attached hydrogens (tertiary/aromatic N) is 1. The van der Waals surface area contributed by atoms with Crippen molar-refractivity contribution in [3.05, 3.63) is 88.6 Å². The van der Waals surface area contributed by atoms with Gasteiger partial charge in [0.1, 0.15) is 5.75 Å². The van der Waals surface area contributed by atoms with Crippen molar-refractivity contribution in [3.8, 4) is 5.75 Å². The third kappa shape index (κ3) is 3.63. The van der Waals surface area contributed by atoms with Gasteiger partial charge < -0.3 is 10.1 Å². The van der Waals surface area contributed by atoms with Gasteiger partial charge in [-0.25, -0.2) is 0 Å². The summed E-state index contributed by atoms with van der Waals surface area (Å²) in [5.74, 6) is 1.66. The number of anilines is 1. The first-order valence-electron chi connectivity index (χ1n) is 12.2. The number of aromatic amines is 1. The number of rotatable bonds is 6. The number of hydrogen-bond donors (Lipinski definition) is 2. The molecule has 1 fully saturated rings. The zero-order chi connectivity index (χ0) is 24.2. The second-order valence-electron chi connectivity index (χ2n) is 10.2. The molecule has 2 heterocycles. The van der Waals surface area contributed by atoms with Crippen LogP contribution in [0.1, 0.15) is 54.1 Å². The van der Waals surface area contributed by atoms with E-state index in [-0.39, 0.29) is 11.8 Å². The summed E-state index contributed by atoms with van der Waals surface area (Å²) < 4.78 is 5.41. The van der Waals surface area contributed by atoms with Gasteiger partial charge in [0.05, 0.1) is 23.7 Å².